The van der Waals surface area contributed by atoms with E-state index in [9.17, 15) is 9.59 Å². The predicted molar refractivity (Wildman–Crippen MR) is 118 cm³/mol. The Morgan fingerprint density at radius 1 is 1.14 bits per heavy atom. The molecule has 0 saturated carbocycles. The molecule has 146 valence electrons. The summed E-state index contributed by atoms with van der Waals surface area (Å²) in [5.74, 6) is -0.217. The maximum Gasteiger partial charge on any atom is 0.274 e. The first kappa shape index (κ1) is 19.5. The number of halogens is 1. The number of rotatable bonds is 5. The number of amides is 1. The van der Waals surface area contributed by atoms with Crippen LogP contribution in [-0.2, 0) is 24.7 Å². The standard InChI is InChI=1S/C21H17BrN4O2S/c1-26-20(28)17-5-3-2-4-16(17)18(25-26)11-19(27)24-21-23-12-15(29-21)10-13-6-8-14(22)9-7-13/h2-9,12H,10-11H2,1H3,(H,23,24,27). The highest BCUT2D eigenvalue weighted by Gasteiger charge is 2.14. The number of nitrogens with one attached hydrogen (secondary N) is 1. The summed E-state index contributed by atoms with van der Waals surface area (Å²) in [6.45, 7) is 0. The fraction of sp³-hybridized carbons (Fsp3) is 0.143. The lowest BCUT2D eigenvalue weighted by atomic mass is 10.1. The van der Waals surface area contributed by atoms with Crippen LogP contribution >= 0.6 is 27.3 Å². The Hall–Kier alpha value is -2.84. The molecule has 0 atom stereocenters. The molecule has 2 heterocycles. The second kappa shape index (κ2) is 8.26. The van der Waals surface area contributed by atoms with Gasteiger partial charge in [-0.25, -0.2) is 9.67 Å². The molecule has 0 spiro atoms. The minimum Gasteiger partial charge on any atom is -0.302 e. The Kier molecular flexibility index (Phi) is 5.55. The first-order chi connectivity index (χ1) is 14.0. The molecule has 4 aromatic rings. The van der Waals surface area contributed by atoms with Crippen molar-refractivity contribution in [3.63, 3.8) is 0 Å². The molecular weight excluding hydrogens is 452 g/mol. The van der Waals surface area contributed by atoms with Crippen LogP contribution in [0.2, 0.25) is 0 Å². The first-order valence-electron chi connectivity index (χ1n) is 8.93. The number of carbonyl (C=O) groups excluding carboxylic acids is 1. The van der Waals surface area contributed by atoms with Crippen LogP contribution in [0.5, 0.6) is 0 Å². The zero-order chi connectivity index (χ0) is 20.4. The third-order valence-electron chi connectivity index (χ3n) is 4.45. The zero-order valence-electron chi connectivity index (χ0n) is 15.6. The molecular formula is C21H17BrN4O2S. The normalized spacial score (nSPS) is 11.0. The summed E-state index contributed by atoms with van der Waals surface area (Å²) in [5.41, 5.74) is 1.56. The van der Waals surface area contributed by atoms with Crippen LogP contribution in [0, 0.1) is 0 Å². The highest BCUT2D eigenvalue weighted by molar-refractivity contribution is 9.10. The third-order valence-corrected chi connectivity index (χ3v) is 5.89. The number of anilines is 1. The molecule has 0 aliphatic rings. The van der Waals surface area contributed by atoms with Crippen molar-refractivity contribution in [3.05, 3.63) is 85.7 Å². The molecule has 0 radical (unpaired) electrons. The van der Waals surface area contributed by atoms with Crippen LogP contribution in [0.15, 0.2) is 64.0 Å². The van der Waals surface area contributed by atoms with Gasteiger partial charge in [-0.1, -0.05) is 46.3 Å². The van der Waals surface area contributed by atoms with Crippen LogP contribution in [-0.4, -0.2) is 20.7 Å². The Balaban J connectivity index is 1.48. The van der Waals surface area contributed by atoms with E-state index in [1.807, 2.05) is 24.3 Å². The molecule has 0 saturated heterocycles. The van der Waals surface area contributed by atoms with Gasteiger partial charge in [0.2, 0.25) is 5.91 Å². The van der Waals surface area contributed by atoms with Crippen molar-refractivity contribution >= 4 is 49.1 Å². The Morgan fingerprint density at radius 2 is 1.86 bits per heavy atom. The van der Waals surface area contributed by atoms with Crippen molar-refractivity contribution in [2.75, 3.05) is 5.32 Å². The van der Waals surface area contributed by atoms with Gasteiger partial charge in [0, 0.05) is 34.4 Å². The molecule has 8 heteroatoms. The number of hydrogen-bond acceptors (Lipinski definition) is 5. The summed E-state index contributed by atoms with van der Waals surface area (Å²) >= 11 is 4.88. The van der Waals surface area contributed by atoms with Crippen LogP contribution < -0.4 is 10.9 Å². The summed E-state index contributed by atoms with van der Waals surface area (Å²) in [6.07, 6.45) is 2.60. The quantitative estimate of drug-likeness (QED) is 0.481. The van der Waals surface area contributed by atoms with Gasteiger partial charge in [-0.05, 0) is 23.8 Å². The number of aromatic nitrogens is 3. The third kappa shape index (κ3) is 4.44. The number of benzene rings is 2. The summed E-state index contributed by atoms with van der Waals surface area (Å²) < 4.78 is 2.31. The average Bonchev–Trinajstić information content (AvgIpc) is 3.14. The summed E-state index contributed by atoms with van der Waals surface area (Å²) in [5, 5.41) is 8.91. The summed E-state index contributed by atoms with van der Waals surface area (Å²) in [7, 11) is 1.59. The summed E-state index contributed by atoms with van der Waals surface area (Å²) in [4.78, 5) is 30.1. The van der Waals surface area contributed by atoms with E-state index < -0.39 is 0 Å². The average molecular weight is 469 g/mol. The fourth-order valence-electron chi connectivity index (χ4n) is 3.07. The SMILES string of the molecule is Cn1nc(CC(=O)Nc2ncc(Cc3ccc(Br)cc3)s2)c2ccccc2c1=O. The first-order valence-corrected chi connectivity index (χ1v) is 10.5. The molecule has 2 aromatic heterocycles. The van der Waals surface area contributed by atoms with E-state index in [-0.39, 0.29) is 17.9 Å². The Bertz CT molecular complexity index is 1250. The van der Waals surface area contributed by atoms with Crippen LogP contribution in [0.4, 0.5) is 5.13 Å². The van der Waals surface area contributed by atoms with Crippen molar-refractivity contribution in [2.24, 2.45) is 7.05 Å². The van der Waals surface area contributed by atoms with Crippen molar-refractivity contribution in [1.82, 2.24) is 14.8 Å². The molecule has 0 fully saturated rings. The largest absolute Gasteiger partial charge is 0.302 e. The number of thiazole rings is 1. The van der Waals surface area contributed by atoms with Crippen molar-refractivity contribution in [3.8, 4) is 0 Å². The maximum atomic E-state index is 12.5. The van der Waals surface area contributed by atoms with Gasteiger partial charge < -0.3 is 5.32 Å². The molecule has 0 aliphatic heterocycles. The van der Waals surface area contributed by atoms with Gasteiger partial charge in [-0.15, -0.1) is 11.3 Å². The van der Waals surface area contributed by atoms with E-state index in [4.69, 9.17) is 0 Å². The topological polar surface area (TPSA) is 76.9 Å². The number of nitrogens with zero attached hydrogens (tertiary/aromatic N) is 3. The molecule has 4 rings (SSSR count). The molecule has 6 nitrogen and oxygen atoms in total. The van der Waals surface area contributed by atoms with Gasteiger partial charge in [0.25, 0.3) is 5.56 Å². The Morgan fingerprint density at radius 3 is 2.62 bits per heavy atom. The molecule has 1 N–H and O–H groups in total. The fourth-order valence-corrected chi connectivity index (χ4v) is 4.20. The van der Waals surface area contributed by atoms with Gasteiger partial charge in [-0.3, -0.25) is 9.59 Å². The van der Waals surface area contributed by atoms with Gasteiger partial charge in [-0.2, -0.15) is 5.10 Å². The Labute approximate surface area is 179 Å². The number of fused-ring (bicyclic) bond motifs is 1. The number of aryl methyl sites for hydroxylation is 1. The highest BCUT2D eigenvalue weighted by atomic mass is 79.9. The van der Waals surface area contributed by atoms with E-state index in [2.05, 4.69) is 43.5 Å². The van der Waals surface area contributed by atoms with E-state index in [1.54, 1.807) is 25.4 Å². The predicted octanol–water partition coefficient (Wildman–Crippen LogP) is 3.92. The minimum absolute atomic E-state index is 0.0657. The van der Waals surface area contributed by atoms with E-state index in [1.165, 1.54) is 21.6 Å². The molecule has 0 bridgehead atoms. The van der Waals surface area contributed by atoms with E-state index in [0.29, 0.717) is 21.6 Å². The smallest absolute Gasteiger partial charge is 0.274 e. The lowest BCUT2D eigenvalue weighted by Crippen LogP contribution is -2.24. The second-order valence-corrected chi connectivity index (χ2v) is 8.61. The number of hydrogen-bond donors (Lipinski definition) is 1. The van der Waals surface area contributed by atoms with Crippen molar-refractivity contribution in [2.45, 2.75) is 12.8 Å². The van der Waals surface area contributed by atoms with Crippen LogP contribution in [0.25, 0.3) is 10.8 Å². The van der Waals surface area contributed by atoms with Gasteiger partial charge in [0.15, 0.2) is 5.13 Å². The maximum absolute atomic E-state index is 12.5. The second-order valence-electron chi connectivity index (χ2n) is 6.58. The molecule has 1 amide bonds. The van der Waals surface area contributed by atoms with E-state index >= 15 is 0 Å². The lowest BCUT2D eigenvalue weighted by Gasteiger charge is -2.07. The molecule has 29 heavy (non-hydrogen) atoms. The highest BCUT2D eigenvalue weighted by Crippen LogP contribution is 2.22. The minimum atomic E-state index is -0.217. The van der Waals surface area contributed by atoms with Crippen molar-refractivity contribution in [1.29, 1.82) is 0 Å². The van der Waals surface area contributed by atoms with Gasteiger partial charge in [0.05, 0.1) is 17.5 Å². The molecule has 0 aliphatic carbocycles. The zero-order valence-corrected chi connectivity index (χ0v) is 18.0. The van der Waals surface area contributed by atoms with Gasteiger partial charge >= 0.3 is 0 Å². The van der Waals surface area contributed by atoms with Crippen molar-refractivity contribution < 1.29 is 4.79 Å². The van der Waals surface area contributed by atoms with E-state index in [0.717, 1.165) is 15.8 Å². The monoisotopic (exact) mass is 468 g/mol. The van der Waals surface area contributed by atoms with Gasteiger partial charge in [0.1, 0.15) is 0 Å². The molecule has 2 aromatic carbocycles. The van der Waals surface area contributed by atoms with Crippen LogP contribution in [0.3, 0.4) is 0 Å². The molecule has 0 unspecified atom stereocenters. The summed E-state index contributed by atoms with van der Waals surface area (Å²) in [6, 6.07) is 15.3. The number of carbonyl (C=O) groups is 1. The van der Waals surface area contributed by atoms with Crippen LogP contribution in [0.1, 0.15) is 16.1 Å². The lowest BCUT2D eigenvalue weighted by molar-refractivity contribution is -0.115.